The predicted molar refractivity (Wildman–Crippen MR) is 78.9 cm³/mol. The Hall–Kier alpha value is -0.390. The topological polar surface area (TPSA) is 46.2 Å². The molecule has 104 valence electrons. The maximum Gasteiger partial charge on any atom is 0.151 e. The Labute approximate surface area is 115 Å². The van der Waals surface area contributed by atoms with Gasteiger partial charge in [-0.2, -0.15) is 0 Å². The van der Waals surface area contributed by atoms with Gasteiger partial charge in [-0.25, -0.2) is 8.42 Å². The minimum Gasteiger partial charge on any atom is -0.311 e. The van der Waals surface area contributed by atoms with Gasteiger partial charge in [-0.05, 0) is 29.9 Å². The Morgan fingerprint density at radius 3 is 2.72 bits per heavy atom. The first-order valence-corrected chi connectivity index (χ1v) is 9.09. The van der Waals surface area contributed by atoms with Gasteiger partial charge in [0.05, 0.1) is 11.5 Å². The van der Waals surface area contributed by atoms with Crippen molar-refractivity contribution in [3.63, 3.8) is 0 Å². The predicted octanol–water partition coefficient (Wildman–Crippen LogP) is 2.61. The smallest absolute Gasteiger partial charge is 0.151 e. The first kappa shape index (κ1) is 15.7. The van der Waals surface area contributed by atoms with E-state index in [1.165, 1.54) is 10.4 Å². The second-order valence-corrected chi connectivity index (χ2v) is 8.06. The molecule has 3 nitrogen and oxygen atoms in total. The summed E-state index contributed by atoms with van der Waals surface area (Å²) < 4.78 is 23.6. The van der Waals surface area contributed by atoms with Crippen LogP contribution in [0, 0.1) is 12.8 Å². The van der Waals surface area contributed by atoms with Crippen molar-refractivity contribution in [3.05, 3.63) is 21.9 Å². The van der Waals surface area contributed by atoms with Crippen LogP contribution in [-0.2, 0) is 16.4 Å². The summed E-state index contributed by atoms with van der Waals surface area (Å²) in [4.78, 5) is 1.29. The number of aryl methyl sites for hydroxylation is 1. The second kappa shape index (κ2) is 7.26. The Balaban J connectivity index is 2.27. The fourth-order valence-electron chi connectivity index (χ4n) is 1.65. The summed E-state index contributed by atoms with van der Waals surface area (Å²) in [6, 6.07) is 2.08. The lowest BCUT2D eigenvalue weighted by atomic mass is 10.2. The molecule has 0 amide bonds. The molecule has 1 N–H and O–H groups in total. The third-order valence-corrected chi connectivity index (χ3v) is 6.00. The van der Waals surface area contributed by atoms with Gasteiger partial charge in [-0.15, -0.1) is 11.3 Å². The second-order valence-electron chi connectivity index (χ2n) is 4.83. The maximum atomic E-state index is 11.8. The Morgan fingerprint density at radius 1 is 1.44 bits per heavy atom. The Kier molecular flexibility index (Phi) is 6.32. The molecule has 0 fully saturated rings. The van der Waals surface area contributed by atoms with Crippen molar-refractivity contribution in [2.75, 3.05) is 18.1 Å². The molecule has 1 aromatic rings. The van der Waals surface area contributed by atoms with E-state index in [2.05, 4.69) is 23.7 Å². The number of thiophene rings is 1. The SMILES string of the molecule is CCC(C)CS(=O)(=O)CCNCc1sccc1C. The summed E-state index contributed by atoms with van der Waals surface area (Å²) in [6.07, 6.45) is 0.918. The van der Waals surface area contributed by atoms with Gasteiger partial charge in [0.1, 0.15) is 0 Å². The molecule has 0 spiro atoms. The van der Waals surface area contributed by atoms with E-state index < -0.39 is 9.84 Å². The lowest BCUT2D eigenvalue weighted by Gasteiger charge is -2.10. The molecule has 0 saturated heterocycles. The van der Waals surface area contributed by atoms with Crippen LogP contribution in [0.1, 0.15) is 30.7 Å². The first-order chi connectivity index (χ1) is 8.44. The molecule has 1 aromatic heterocycles. The average molecular weight is 289 g/mol. The van der Waals surface area contributed by atoms with E-state index in [4.69, 9.17) is 0 Å². The van der Waals surface area contributed by atoms with Crippen molar-refractivity contribution < 1.29 is 8.42 Å². The highest BCUT2D eigenvalue weighted by Gasteiger charge is 2.14. The third kappa shape index (κ3) is 5.50. The van der Waals surface area contributed by atoms with Crippen LogP contribution in [0.2, 0.25) is 0 Å². The third-order valence-electron chi connectivity index (χ3n) is 3.08. The molecule has 18 heavy (non-hydrogen) atoms. The summed E-state index contributed by atoms with van der Waals surface area (Å²) in [5.74, 6) is 0.805. The average Bonchev–Trinajstić information content (AvgIpc) is 2.70. The van der Waals surface area contributed by atoms with Crippen LogP contribution in [0.15, 0.2) is 11.4 Å². The monoisotopic (exact) mass is 289 g/mol. The molecule has 1 unspecified atom stereocenters. The molecule has 0 saturated carbocycles. The van der Waals surface area contributed by atoms with E-state index in [-0.39, 0.29) is 11.7 Å². The van der Waals surface area contributed by atoms with Gasteiger partial charge in [0, 0.05) is 18.0 Å². The fourth-order valence-corrected chi connectivity index (χ4v) is 4.25. The van der Waals surface area contributed by atoms with E-state index >= 15 is 0 Å². The van der Waals surface area contributed by atoms with Gasteiger partial charge in [0.2, 0.25) is 0 Å². The minimum absolute atomic E-state index is 0.238. The summed E-state index contributed by atoms with van der Waals surface area (Å²) >= 11 is 1.71. The van der Waals surface area contributed by atoms with Gasteiger partial charge in [-0.1, -0.05) is 20.3 Å². The van der Waals surface area contributed by atoms with E-state index in [0.717, 1.165) is 13.0 Å². The van der Waals surface area contributed by atoms with E-state index in [0.29, 0.717) is 12.3 Å². The van der Waals surface area contributed by atoms with Crippen molar-refractivity contribution in [2.45, 2.75) is 33.7 Å². The highest BCUT2D eigenvalue weighted by atomic mass is 32.2. The van der Waals surface area contributed by atoms with Crippen LogP contribution >= 0.6 is 11.3 Å². The zero-order chi connectivity index (χ0) is 13.6. The number of rotatable bonds is 8. The summed E-state index contributed by atoms with van der Waals surface area (Å²) in [5, 5.41) is 5.27. The van der Waals surface area contributed by atoms with Gasteiger partial charge in [0.15, 0.2) is 9.84 Å². The van der Waals surface area contributed by atoms with E-state index in [1.807, 2.05) is 13.8 Å². The summed E-state index contributed by atoms with van der Waals surface area (Å²) in [5.41, 5.74) is 1.27. The molecule has 0 aliphatic carbocycles. The van der Waals surface area contributed by atoms with Crippen LogP contribution in [-0.4, -0.2) is 26.5 Å². The quantitative estimate of drug-likeness (QED) is 0.748. The number of hydrogen-bond acceptors (Lipinski definition) is 4. The molecule has 5 heteroatoms. The zero-order valence-corrected chi connectivity index (χ0v) is 13.0. The zero-order valence-electron chi connectivity index (χ0n) is 11.4. The van der Waals surface area contributed by atoms with Gasteiger partial charge >= 0.3 is 0 Å². The molecule has 0 aromatic carbocycles. The molecule has 0 aliphatic heterocycles. The van der Waals surface area contributed by atoms with Crippen LogP contribution in [0.3, 0.4) is 0 Å². The highest BCUT2D eigenvalue weighted by Crippen LogP contribution is 2.14. The molecule has 0 bridgehead atoms. The highest BCUT2D eigenvalue weighted by molar-refractivity contribution is 7.91. The van der Waals surface area contributed by atoms with Gasteiger partial charge in [0.25, 0.3) is 0 Å². The van der Waals surface area contributed by atoms with Gasteiger partial charge < -0.3 is 5.32 Å². The summed E-state index contributed by atoms with van der Waals surface area (Å²) in [6.45, 7) is 7.39. The van der Waals surface area contributed by atoms with E-state index in [9.17, 15) is 8.42 Å². The fraction of sp³-hybridized carbons (Fsp3) is 0.692. The molecule has 0 radical (unpaired) electrons. The Morgan fingerprint density at radius 2 is 2.17 bits per heavy atom. The molecular weight excluding hydrogens is 266 g/mol. The van der Waals surface area contributed by atoms with Crippen molar-refractivity contribution in [3.8, 4) is 0 Å². The lowest BCUT2D eigenvalue weighted by molar-refractivity contribution is 0.561. The van der Waals surface area contributed by atoms with Crippen molar-refractivity contribution in [1.29, 1.82) is 0 Å². The van der Waals surface area contributed by atoms with Crippen LogP contribution in [0.4, 0.5) is 0 Å². The van der Waals surface area contributed by atoms with E-state index in [1.54, 1.807) is 11.3 Å². The Bertz CT molecular complexity index is 451. The van der Waals surface area contributed by atoms with Crippen LogP contribution < -0.4 is 5.32 Å². The number of nitrogens with one attached hydrogen (secondary N) is 1. The molecule has 1 heterocycles. The van der Waals surface area contributed by atoms with Crippen molar-refractivity contribution >= 4 is 21.2 Å². The molecular formula is C13H23NO2S2. The number of hydrogen-bond donors (Lipinski definition) is 1. The van der Waals surface area contributed by atoms with Crippen molar-refractivity contribution in [1.82, 2.24) is 5.32 Å². The molecule has 0 aliphatic rings. The van der Waals surface area contributed by atoms with Gasteiger partial charge in [-0.3, -0.25) is 0 Å². The largest absolute Gasteiger partial charge is 0.311 e. The molecule has 1 rings (SSSR count). The first-order valence-electron chi connectivity index (χ1n) is 6.38. The van der Waals surface area contributed by atoms with Crippen LogP contribution in [0.5, 0.6) is 0 Å². The summed E-state index contributed by atoms with van der Waals surface area (Å²) in [7, 11) is -2.90. The van der Waals surface area contributed by atoms with Crippen LogP contribution in [0.25, 0.3) is 0 Å². The molecule has 1 atom stereocenters. The maximum absolute atomic E-state index is 11.8. The normalized spacial score (nSPS) is 13.7. The standard InChI is InChI=1S/C13H23NO2S2/c1-4-11(2)10-18(15,16)8-6-14-9-13-12(3)5-7-17-13/h5,7,11,14H,4,6,8-10H2,1-3H3. The van der Waals surface area contributed by atoms with Crippen molar-refractivity contribution in [2.24, 2.45) is 5.92 Å². The lowest BCUT2D eigenvalue weighted by Crippen LogP contribution is -2.25. The minimum atomic E-state index is -2.90. The number of sulfone groups is 1.